The lowest BCUT2D eigenvalue weighted by atomic mass is 10.0. The smallest absolute Gasteiger partial charge is 0.387 e. The predicted octanol–water partition coefficient (Wildman–Crippen LogP) is 1.92. The first kappa shape index (κ1) is 13.2. The third kappa shape index (κ3) is 3.30. The number of ether oxygens (including phenoxy) is 1. The van der Waals surface area contributed by atoms with Gasteiger partial charge >= 0.3 is 6.61 Å². The van der Waals surface area contributed by atoms with Crippen molar-refractivity contribution < 1.29 is 23.7 Å². The normalized spacial score (nSPS) is 14.9. The summed E-state index contributed by atoms with van der Waals surface area (Å²) in [6.07, 6.45) is -2.59. The van der Waals surface area contributed by atoms with E-state index in [1.54, 1.807) is 0 Å². The van der Waals surface area contributed by atoms with Crippen LogP contribution in [0.1, 0.15) is 11.7 Å². The summed E-state index contributed by atoms with van der Waals surface area (Å²) in [5.74, 6) is -0.376. The number of hydrogen-bond acceptors (Lipinski definition) is 3. The van der Waals surface area contributed by atoms with Crippen LogP contribution in [0.2, 0.25) is 0 Å². The Morgan fingerprint density at radius 3 is 2.44 bits per heavy atom. The maximum Gasteiger partial charge on any atom is 0.387 e. The summed E-state index contributed by atoms with van der Waals surface area (Å²) >= 11 is 5.36. The maximum absolute atomic E-state index is 12.1. The molecule has 0 fully saturated rings. The number of para-hydroxylation sites is 1. The Balaban J connectivity index is 2.93. The number of halogens is 3. The molecule has 2 unspecified atom stereocenters. The van der Waals surface area contributed by atoms with E-state index in [1.807, 2.05) is 0 Å². The van der Waals surface area contributed by atoms with Crippen molar-refractivity contribution >= 4 is 11.6 Å². The number of alkyl halides is 3. The molecule has 0 amide bonds. The van der Waals surface area contributed by atoms with Crippen LogP contribution in [0.15, 0.2) is 24.3 Å². The quantitative estimate of drug-likeness (QED) is 0.787. The average molecular weight is 253 g/mol. The fourth-order valence-corrected chi connectivity index (χ4v) is 1.39. The first-order chi connectivity index (χ1) is 7.56. The fraction of sp³-hybridized carbons (Fsp3) is 0.400. The van der Waals surface area contributed by atoms with Crippen LogP contribution in [0, 0.1) is 0 Å². The third-order valence-corrected chi connectivity index (χ3v) is 2.29. The molecule has 3 nitrogen and oxygen atoms in total. The minimum Gasteiger partial charge on any atom is -0.434 e. The van der Waals surface area contributed by atoms with Gasteiger partial charge in [-0.15, -0.1) is 11.6 Å². The van der Waals surface area contributed by atoms with E-state index in [0.29, 0.717) is 0 Å². The molecule has 0 spiro atoms. The van der Waals surface area contributed by atoms with Gasteiger partial charge < -0.3 is 14.9 Å². The molecular formula is C10H11ClF2O3. The van der Waals surface area contributed by atoms with Crippen LogP contribution in [0.4, 0.5) is 8.78 Å². The Labute approximate surface area is 96.2 Å². The van der Waals surface area contributed by atoms with Gasteiger partial charge in [0.05, 0.1) is 12.0 Å². The molecular weight excluding hydrogens is 242 g/mol. The Hall–Kier alpha value is -0.910. The van der Waals surface area contributed by atoms with E-state index in [2.05, 4.69) is 4.74 Å². The lowest BCUT2D eigenvalue weighted by Crippen LogP contribution is -2.20. The van der Waals surface area contributed by atoms with Crippen LogP contribution < -0.4 is 4.74 Å². The zero-order valence-electron chi connectivity index (χ0n) is 8.19. The van der Waals surface area contributed by atoms with Gasteiger partial charge in [0.1, 0.15) is 11.9 Å². The van der Waals surface area contributed by atoms with Gasteiger partial charge in [0.25, 0.3) is 0 Å². The van der Waals surface area contributed by atoms with E-state index >= 15 is 0 Å². The monoisotopic (exact) mass is 252 g/mol. The highest BCUT2D eigenvalue weighted by Gasteiger charge is 2.22. The number of benzene rings is 1. The molecule has 1 aromatic rings. The molecule has 2 atom stereocenters. The van der Waals surface area contributed by atoms with Gasteiger partial charge in [0, 0.05) is 5.56 Å². The topological polar surface area (TPSA) is 49.7 Å². The van der Waals surface area contributed by atoms with Crippen LogP contribution >= 0.6 is 11.6 Å². The number of aliphatic hydroxyl groups is 2. The Bertz CT molecular complexity index is 336. The zero-order chi connectivity index (χ0) is 12.1. The summed E-state index contributed by atoms with van der Waals surface area (Å²) < 4.78 is 28.3. The van der Waals surface area contributed by atoms with E-state index < -0.39 is 18.8 Å². The first-order valence-electron chi connectivity index (χ1n) is 4.52. The maximum atomic E-state index is 12.1. The molecule has 0 radical (unpaired) electrons. The third-order valence-electron chi connectivity index (χ3n) is 1.98. The lowest BCUT2D eigenvalue weighted by molar-refractivity contribution is -0.0533. The van der Waals surface area contributed by atoms with Crippen LogP contribution in [0.5, 0.6) is 5.75 Å². The Morgan fingerprint density at radius 1 is 1.25 bits per heavy atom. The summed E-state index contributed by atoms with van der Waals surface area (Å²) in [5.41, 5.74) is 0.0796. The van der Waals surface area contributed by atoms with Gasteiger partial charge in [-0.1, -0.05) is 18.2 Å². The summed E-state index contributed by atoms with van der Waals surface area (Å²) in [6.45, 7) is -2.98. The standard InChI is InChI=1S/C10H11ClF2O3/c11-5-7(14)9(15)6-3-1-2-4-8(6)16-10(12)13/h1-4,7,9-10,14-15H,5H2. The molecule has 16 heavy (non-hydrogen) atoms. The Kier molecular flexibility index (Phi) is 4.92. The summed E-state index contributed by atoms with van der Waals surface area (Å²) in [5, 5.41) is 18.9. The van der Waals surface area contributed by atoms with Crippen molar-refractivity contribution in [3.8, 4) is 5.75 Å². The van der Waals surface area contributed by atoms with Gasteiger partial charge in [0.15, 0.2) is 0 Å². The summed E-state index contributed by atoms with van der Waals surface area (Å²) in [7, 11) is 0. The Morgan fingerprint density at radius 2 is 1.88 bits per heavy atom. The van der Waals surface area contributed by atoms with Gasteiger partial charge in [-0.05, 0) is 6.07 Å². The van der Waals surface area contributed by atoms with E-state index in [9.17, 15) is 19.0 Å². The van der Waals surface area contributed by atoms with Crippen molar-refractivity contribution in [3.05, 3.63) is 29.8 Å². The van der Waals surface area contributed by atoms with Crippen LogP contribution in [0.3, 0.4) is 0 Å². The highest BCUT2D eigenvalue weighted by molar-refractivity contribution is 6.18. The molecule has 0 aliphatic heterocycles. The highest BCUT2D eigenvalue weighted by atomic mass is 35.5. The van der Waals surface area contributed by atoms with Crippen LogP contribution in [0.25, 0.3) is 0 Å². The predicted molar refractivity (Wildman–Crippen MR) is 54.8 cm³/mol. The molecule has 0 saturated carbocycles. The molecule has 6 heteroatoms. The minimum absolute atomic E-state index is 0.0796. The molecule has 0 aliphatic carbocycles. The van der Waals surface area contributed by atoms with Gasteiger partial charge in [-0.2, -0.15) is 8.78 Å². The van der Waals surface area contributed by atoms with Gasteiger partial charge in [-0.3, -0.25) is 0 Å². The summed E-state index contributed by atoms with van der Waals surface area (Å²) in [4.78, 5) is 0. The number of hydrogen-bond donors (Lipinski definition) is 2. The fourth-order valence-electron chi connectivity index (χ4n) is 1.22. The van der Waals surface area contributed by atoms with E-state index in [0.717, 1.165) is 0 Å². The van der Waals surface area contributed by atoms with Crippen LogP contribution in [-0.4, -0.2) is 28.8 Å². The molecule has 0 heterocycles. The average Bonchev–Trinajstić information content (AvgIpc) is 2.27. The molecule has 2 N–H and O–H groups in total. The van der Waals surface area contributed by atoms with Crippen molar-refractivity contribution in [2.24, 2.45) is 0 Å². The van der Waals surface area contributed by atoms with Crippen molar-refractivity contribution in [2.45, 2.75) is 18.8 Å². The van der Waals surface area contributed by atoms with Crippen molar-refractivity contribution in [3.63, 3.8) is 0 Å². The molecule has 0 saturated heterocycles. The summed E-state index contributed by atoms with van der Waals surface area (Å²) in [6, 6.07) is 5.70. The van der Waals surface area contributed by atoms with E-state index in [-0.39, 0.29) is 17.2 Å². The second kappa shape index (κ2) is 5.98. The molecule has 1 aromatic carbocycles. The second-order valence-corrected chi connectivity index (χ2v) is 3.39. The molecule has 1 rings (SSSR count). The molecule has 0 bridgehead atoms. The molecule has 90 valence electrons. The lowest BCUT2D eigenvalue weighted by Gasteiger charge is -2.18. The number of aliphatic hydroxyl groups excluding tert-OH is 2. The first-order valence-corrected chi connectivity index (χ1v) is 5.05. The van der Waals surface area contributed by atoms with E-state index in [4.69, 9.17) is 11.6 Å². The van der Waals surface area contributed by atoms with Crippen molar-refractivity contribution in [2.75, 3.05) is 5.88 Å². The zero-order valence-corrected chi connectivity index (χ0v) is 8.94. The van der Waals surface area contributed by atoms with Crippen LogP contribution in [-0.2, 0) is 0 Å². The van der Waals surface area contributed by atoms with Crippen molar-refractivity contribution in [1.29, 1.82) is 0 Å². The SMILES string of the molecule is OC(CCl)C(O)c1ccccc1OC(F)F. The highest BCUT2D eigenvalue weighted by Crippen LogP contribution is 2.28. The second-order valence-electron chi connectivity index (χ2n) is 3.08. The molecule has 0 aromatic heterocycles. The van der Waals surface area contributed by atoms with E-state index in [1.165, 1.54) is 24.3 Å². The molecule has 0 aliphatic rings. The van der Waals surface area contributed by atoms with Gasteiger partial charge in [0.2, 0.25) is 0 Å². The number of rotatable bonds is 5. The minimum atomic E-state index is -2.98. The van der Waals surface area contributed by atoms with Crippen molar-refractivity contribution in [1.82, 2.24) is 0 Å². The largest absolute Gasteiger partial charge is 0.434 e. The van der Waals surface area contributed by atoms with Gasteiger partial charge in [-0.25, -0.2) is 0 Å².